The van der Waals surface area contributed by atoms with Gasteiger partial charge in [-0.25, -0.2) is 0 Å². The minimum atomic E-state index is 0.0118. The summed E-state index contributed by atoms with van der Waals surface area (Å²) in [4.78, 5) is 14.4. The van der Waals surface area contributed by atoms with Crippen LogP contribution in [0.2, 0.25) is 0 Å². The van der Waals surface area contributed by atoms with Crippen molar-refractivity contribution in [3.05, 3.63) is 0 Å². The molecular formula is C14H25NO2. The summed E-state index contributed by atoms with van der Waals surface area (Å²) >= 11 is 0. The predicted molar refractivity (Wildman–Crippen MR) is 67.9 cm³/mol. The SMILES string of the molecule is CCOC(=O)C1CCCCN1C1CCCCC1. The summed E-state index contributed by atoms with van der Waals surface area (Å²) in [6.07, 6.45) is 9.99. The molecule has 0 aromatic rings. The highest BCUT2D eigenvalue weighted by atomic mass is 16.5. The fourth-order valence-electron chi connectivity index (χ4n) is 3.30. The smallest absolute Gasteiger partial charge is 0.323 e. The van der Waals surface area contributed by atoms with Crippen LogP contribution in [-0.2, 0) is 9.53 Å². The summed E-state index contributed by atoms with van der Waals surface area (Å²) in [5.74, 6) is 0.0118. The third kappa shape index (κ3) is 3.21. The second kappa shape index (κ2) is 6.39. The number of piperidine rings is 1. The first kappa shape index (κ1) is 12.9. The van der Waals surface area contributed by atoms with E-state index in [0.29, 0.717) is 12.6 Å². The Morgan fingerprint density at radius 1 is 1.12 bits per heavy atom. The summed E-state index contributed by atoms with van der Waals surface area (Å²) in [6.45, 7) is 3.49. The molecule has 1 saturated heterocycles. The summed E-state index contributed by atoms with van der Waals surface area (Å²) in [5.41, 5.74) is 0. The average Bonchev–Trinajstić information content (AvgIpc) is 2.40. The lowest BCUT2D eigenvalue weighted by molar-refractivity contribution is -0.152. The van der Waals surface area contributed by atoms with Crippen molar-refractivity contribution >= 4 is 5.97 Å². The first-order valence-electron chi connectivity index (χ1n) is 7.25. The van der Waals surface area contributed by atoms with Crippen LogP contribution in [0, 0.1) is 0 Å². The molecule has 1 aliphatic carbocycles. The van der Waals surface area contributed by atoms with E-state index < -0.39 is 0 Å². The fraction of sp³-hybridized carbons (Fsp3) is 0.929. The summed E-state index contributed by atoms with van der Waals surface area (Å²) in [5, 5.41) is 0. The van der Waals surface area contributed by atoms with E-state index in [1.54, 1.807) is 0 Å². The Balaban J connectivity index is 1.97. The van der Waals surface area contributed by atoms with Crippen LogP contribution in [0.25, 0.3) is 0 Å². The van der Waals surface area contributed by atoms with Crippen molar-refractivity contribution in [2.24, 2.45) is 0 Å². The molecule has 98 valence electrons. The van der Waals surface area contributed by atoms with E-state index in [1.165, 1.54) is 44.9 Å². The molecule has 2 rings (SSSR count). The van der Waals surface area contributed by atoms with Gasteiger partial charge < -0.3 is 4.74 Å². The van der Waals surface area contributed by atoms with Gasteiger partial charge in [0.05, 0.1) is 6.61 Å². The minimum Gasteiger partial charge on any atom is -0.465 e. The summed E-state index contributed by atoms with van der Waals surface area (Å²) in [6, 6.07) is 0.685. The normalized spacial score (nSPS) is 27.9. The molecule has 0 amide bonds. The van der Waals surface area contributed by atoms with Gasteiger partial charge in [0, 0.05) is 6.04 Å². The van der Waals surface area contributed by atoms with Crippen LogP contribution >= 0.6 is 0 Å². The molecule has 2 aliphatic rings. The Labute approximate surface area is 105 Å². The van der Waals surface area contributed by atoms with Crippen LogP contribution in [-0.4, -0.2) is 36.1 Å². The van der Waals surface area contributed by atoms with Crippen molar-refractivity contribution in [1.29, 1.82) is 0 Å². The maximum Gasteiger partial charge on any atom is 0.323 e. The molecule has 17 heavy (non-hydrogen) atoms. The molecule has 0 spiro atoms. The number of likely N-dealkylation sites (tertiary alicyclic amines) is 1. The Bertz CT molecular complexity index is 249. The predicted octanol–water partition coefficient (Wildman–Crippen LogP) is 2.74. The van der Waals surface area contributed by atoms with Crippen LogP contribution in [0.3, 0.4) is 0 Å². The first-order chi connectivity index (χ1) is 8.33. The molecule has 1 saturated carbocycles. The number of carbonyl (C=O) groups excluding carboxylic acids is 1. The highest BCUT2D eigenvalue weighted by Crippen LogP contribution is 2.28. The lowest BCUT2D eigenvalue weighted by atomic mass is 9.90. The van der Waals surface area contributed by atoms with Gasteiger partial charge in [-0.1, -0.05) is 25.7 Å². The maximum atomic E-state index is 12.0. The van der Waals surface area contributed by atoms with Crippen LogP contribution in [0.1, 0.15) is 58.3 Å². The van der Waals surface area contributed by atoms with E-state index in [9.17, 15) is 4.79 Å². The van der Waals surface area contributed by atoms with E-state index in [1.807, 2.05) is 6.92 Å². The monoisotopic (exact) mass is 239 g/mol. The topological polar surface area (TPSA) is 29.5 Å². The van der Waals surface area contributed by atoms with Gasteiger partial charge in [0.15, 0.2) is 0 Å². The molecular weight excluding hydrogens is 214 g/mol. The quantitative estimate of drug-likeness (QED) is 0.709. The highest BCUT2D eigenvalue weighted by molar-refractivity contribution is 5.75. The Morgan fingerprint density at radius 2 is 1.82 bits per heavy atom. The van der Waals surface area contributed by atoms with E-state index in [0.717, 1.165) is 13.0 Å². The van der Waals surface area contributed by atoms with Crippen molar-refractivity contribution in [2.75, 3.05) is 13.2 Å². The van der Waals surface area contributed by atoms with Gasteiger partial charge in [-0.05, 0) is 39.2 Å². The Hall–Kier alpha value is -0.570. The zero-order valence-electron chi connectivity index (χ0n) is 11.0. The standard InChI is InChI=1S/C14H25NO2/c1-2-17-14(16)13-10-6-7-11-15(13)12-8-4-3-5-9-12/h12-13H,2-11H2,1H3. The van der Waals surface area contributed by atoms with Crippen molar-refractivity contribution < 1.29 is 9.53 Å². The number of carbonyl (C=O) groups is 1. The van der Waals surface area contributed by atoms with Gasteiger partial charge in [-0.15, -0.1) is 0 Å². The number of hydrogen-bond donors (Lipinski definition) is 0. The van der Waals surface area contributed by atoms with Gasteiger partial charge in [0.2, 0.25) is 0 Å². The molecule has 1 heterocycles. The van der Waals surface area contributed by atoms with E-state index in [4.69, 9.17) is 4.74 Å². The van der Waals surface area contributed by atoms with Crippen LogP contribution in [0.5, 0.6) is 0 Å². The van der Waals surface area contributed by atoms with Crippen LogP contribution in [0.4, 0.5) is 0 Å². The highest BCUT2D eigenvalue weighted by Gasteiger charge is 2.34. The molecule has 1 aliphatic heterocycles. The Morgan fingerprint density at radius 3 is 2.53 bits per heavy atom. The summed E-state index contributed by atoms with van der Waals surface area (Å²) < 4.78 is 5.22. The van der Waals surface area contributed by atoms with Crippen molar-refractivity contribution in [3.8, 4) is 0 Å². The molecule has 3 heteroatoms. The van der Waals surface area contributed by atoms with Crippen molar-refractivity contribution in [3.63, 3.8) is 0 Å². The van der Waals surface area contributed by atoms with Crippen molar-refractivity contribution in [2.45, 2.75) is 70.4 Å². The maximum absolute atomic E-state index is 12.0. The number of rotatable bonds is 3. The van der Waals surface area contributed by atoms with Crippen LogP contribution < -0.4 is 0 Å². The number of ether oxygens (including phenoxy) is 1. The third-order valence-corrected chi connectivity index (χ3v) is 4.15. The molecule has 1 atom stereocenters. The number of hydrogen-bond acceptors (Lipinski definition) is 3. The van der Waals surface area contributed by atoms with Gasteiger partial charge in [-0.3, -0.25) is 9.69 Å². The van der Waals surface area contributed by atoms with Gasteiger partial charge in [-0.2, -0.15) is 0 Å². The van der Waals surface area contributed by atoms with E-state index in [-0.39, 0.29) is 12.0 Å². The zero-order valence-corrected chi connectivity index (χ0v) is 11.0. The molecule has 0 bridgehead atoms. The molecule has 0 aromatic carbocycles. The molecule has 3 nitrogen and oxygen atoms in total. The summed E-state index contributed by atoms with van der Waals surface area (Å²) in [7, 11) is 0. The third-order valence-electron chi connectivity index (χ3n) is 4.15. The second-order valence-electron chi connectivity index (χ2n) is 5.29. The second-order valence-corrected chi connectivity index (χ2v) is 5.29. The average molecular weight is 239 g/mol. The molecule has 0 aromatic heterocycles. The van der Waals surface area contributed by atoms with E-state index >= 15 is 0 Å². The van der Waals surface area contributed by atoms with E-state index in [2.05, 4.69) is 4.90 Å². The van der Waals surface area contributed by atoms with Gasteiger partial charge >= 0.3 is 5.97 Å². The molecule has 1 unspecified atom stereocenters. The largest absolute Gasteiger partial charge is 0.465 e. The molecule has 0 radical (unpaired) electrons. The molecule has 2 fully saturated rings. The fourth-order valence-corrected chi connectivity index (χ4v) is 3.30. The minimum absolute atomic E-state index is 0.0118. The van der Waals surface area contributed by atoms with Gasteiger partial charge in [0.25, 0.3) is 0 Å². The van der Waals surface area contributed by atoms with Gasteiger partial charge in [0.1, 0.15) is 6.04 Å². The number of esters is 1. The lowest BCUT2D eigenvalue weighted by Crippen LogP contribution is -2.51. The molecule has 0 N–H and O–H groups in total. The Kier molecular flexibility index (Phi) is 4.84. The first-order valence-corrected chi connectivity index (χ1v) is 7.25. The van der Waals surface area contributed by atoms with Crippen LogP contribution in [0.15, 0.2) is 0 Å². The zero-order chi connectivity index (χ0) is 12.1. The lowest BCUT2D eigenvalue weighted by Gasteiger charge is -2.41. The van der Waals surface area contributed by atoms with Crippen molar-refractivity contribution in [1.82, 2.24) is 4.90 Å². The number of nitrogens with zero attached hydrogens (tertiary/aromatic N) is 1.